The lowest BCUT2D eigenvalue weighted by Crippen LogP contribution is -2.30. The zero-order chi connectivity index (χ0) is 23.7. The highest BCUT2D eigenvalue weighted by Crippen LogP contribution is 2.34. The number of anilines is 2. The fourth-order valence-corrected chi connectivity index (χ4v) is 5.24. The lowest BCUT2D eigenvalue weighted by Gasteiger charge is -2.25. The van der Waals surface area contributed by atoms with E-state index in [0.717, 1.165) is 31.1 Å². The Morgan fingerprint density at radius 2 is 1.91 bits per heavy atom. The summed E-state index contributed by atoms with van der Waals surface area (Å²) in [4.78, 5) is 33.0. The van der Waals surface area contributed by atoms with Gasteiger partial charge in [-0.2, -0.15) is 5.10 Å². The molecule has 3 aromatic heterocycles. The van der Waals surface area contributed by atoms with Crippen LogP contribution in [0.3, 0.4) is 0 Å². The molecule has 0 atom stereocenters. The Labute approximate surface area is 201 Å². The van der Waals surface area contributed by atoms with Crippen LogP contribution in [0.25, 0.3) is 21.7 Å². The molecule has 4 heterocycles. The smallest absolute Gasteiger partial charge is 0.294 e. The van der Waals surface area contributed by atoms with E-state index in [4.69, 9.17) is 4.42 Å². The molecule has 1 aromatic carbocycles. The molecule has 1 N–H and O–H groups in total. The van der Waals surface area contributed by atoms with E-state index in [1.54, 1.807) is 18.4 Å². The predicted molar refractivity (Wildman–Crippen MR) is 135 cm³/mol. The minimum Gasteiger partial charge on any atom is -0.463 e. The second kappa shape index (κ2) is 9.42. The highest BCUT2D eigenvalue weighted by molar-refractivity contribution is 7.22. The largest absolute Gasteiger partial charge is 0.463 e. The van der Waals surface area contributed by atoms with Crippen molar-refractivity contribution in [3.05, 3.63) is 58.6 Å². The van der Waals surface area contributed by atoms with Gasteiger partial charge in [0.15, 0.2) is 16.4 Å². The minimum absolute atomic E-state index is 0.217. The first-order chi connectivity index (χ1) is 16.5. The van der Waals surface area contributed by atoms with Crippen LogP contribution in [0.4, 0.5) is 10.8 Å². The third-order valence-corrected chi connectivity index (χ3v) is 7.15. The predicted octanol–water partition coefficient (Wildman–Crippen LogP) is 4.87. The van der Waals surface area contributed by atoms with E-state index in [0.29, 0.717) is 33.3 Å². The molecule has 1 fully saturated rings. The lowest BCUT2D eigenvalue weighted by atomic mass is 10.0. The monoisotopic (exact) mass is 477 g/mol. The van der Waals surface area contributed by atoms with E-state index < -0.39 is 0 Å². The molecule has 1 amide bonds. The number of fused-ring (bicyclic) bond motifs is 1. The van der Waals surface area contributed by atoms with Gasteiger partial charge in [-0.3, -0.25) is 9.59 Å². The summed E-state index contributed by atoms with van der Waals surface area (Å²) in [5, 5.41) is 8.19. The first kappa shape index (κ1) is 22.3. The van der Waals surface area contributed by atoms with Crippen LogP contribution < -0.4 is 15.8 Å². The number of piperidine rings is 1. The van der Waals surface area contributed by atoms with Gasteiger partial charge in [0.1, 0.15) is 12.2 Å². The van der Waals surface area contributed by atoms with E-state index >= 15 is 0 Å². The standard InChI is InChI=1S/C25H27N5O3S/c1-16(2)17-8-10-18(11-9-17)26-20(31)15-30-24(32)22-23(21(28-30)19-7-6-14-33-19)34-25(27-22)29-12-4-3-5-13-29/h6-11,14,16H,3-5,12-13,15H2,1-2H3,(H,26,31). The van der Waals surface area contributed by atoms with Gasteiger partial charge in [-0.25, -0.2) is 9.67 Å². The third-order valence-electron chi connectivity index (χ3n) is 6.02. The lowest BCUT2D eigenvalue weighted by molar-refractivity contribution is -0.117. The quantitative estimate of drug-likeness (QED) is 0.426. The van der Waals surface area contributed by atoms with Crippen LogP contribution in [0, 0.1) is 0 Å². The van der Waals surface area contributed by atoms with Gasteiger partial charge in [0, 0.05) is 18.8 Å². The molecule has 8 nitrogen and oxygen atoms in total. The van der Waals surface area contributed by atoms with Crippen molar-refractivity contribution in [2.75, 3.05) is 23.3 Å². The van der Waals surface area contributed by atoms with Gasteiger partial charge in [0.25, 0.3) is 5.56 Å². The number of aromatic nitrogens is 3. The Kier molecular flexibility index (Phi) is 6.19. The summed E-state index contributed by atoms with van der Waals surface area (Å²) >= 11 is 1.46. The van der Waals surface area contributed by atoms with Crippen LogP contribution >= 0.6 is 11.3 Å². The Hall–Kier alpha value is -3.46. The molecule has 34 heavy (non-hydrogen) atoms. The first-order valence-corrected chi connectivity index (χ1v) is 12.4. The molecule has 1 saturated heterocycles. The number of benzene rings is 1. The Bertz CT molecular complexity index is 1350. The van der Waals surface area contributed by atoms with Crippen molar-refractivity contribution in [2.24, 2.45) is 0 Å². The van der Waals surface area contributed by atoms with Crippen LogP contribution in [0.15, 0.2) is 51.9 Å². The average molecular weight is 478 g/mol. The van der Waals surface area contributed by atoms with Crippen LogP contribution in [0.5, 0.6) is 0 Å². The van der Waals surface area contributed by atoms with Crippen LogP contribution in [-0.4, -0.2) is 33.8 Å². The number of rotatable bonds is 6. The Morgan fingerprint density at radius 3 is 2.59 bits per heavy atom. The van der Waals surface area contributed by atoms with E-state index in [2.05, 4.69) is 34.1 Å². The zero-order valence-electron chi connectivity index (χ0n) is 19.3. The number of hydrogen-bond acceptors (Lipinski definition) is 7. The number of carbonyl (C=O) groups excluding carboxylic acids is 1. The molecule has 9 heteroatoms. The van der Waals surface area contributed by atoms with Crippen LogP contribution in [0.2, 0.25) is 0 Å². The summed E-state index contributed by atoms with van der Waals surface area (Å²) in [6.45, 7) is 5.87. The van der Waals surface area contributed by atoms with Crippen LogP contribution in [-0.2, 0) is 11.3 Å². The van der Waals surface area contributed by atoms with E-state index in [9.17, 15) is 9.59 Å². The normalized spacial score (nSPS) is 14.1. The number of thiazole rings is 1. The van der Waals surface area contributed by atoms with Crippen molar-refractivity contribution in [3.63, 3.8) is 0 Å². The maximum atomic E-state index is 13.3. The summed E-state index contributed by atoms with van der Waals surface area (Å²) in [7, 11) is 0. The van der Waals surface area contributed by atoms with Gasteiger partial charge in [-0.05, 0) is 55.0 Å². The van der Waals surface area contributed by atoms with Gasteiger partial charge in [0.2, 0.25) is 5.91 Å². The van der Waals surface area contributed by atoms with Crippen molar-refractivity contribution in [1.82, 2.24) is 14.8 Å². The minimum atomic E-state index is -0.380. The van der Waals surface area contributed by atoms with Gasteiger partial charge in [-0.15, -0.1) is 0 Å². The highest BCUT2D eigenvalue weighted by atomic mass is 32.1. The third kappa shape index (κ3) is 4.48. The maximum absolute atomic E-state index is 13.3. The molecule has 0 radical (unpaired) electrons. The molecular weight excluding hydrogens is 450 g/mol. The van der Waals surface area contributed by atoms with Gasteiger partial charge < -0.3 is 14.6 Å². The van der Waals surface area contributed by atoms with Crippen molar-refractivity contribution in [1.29, 1.82) is 0 Å². The van der Waals surface area contributed by atoms with E-state index in [1.165, 1.54) is 28.0 Å². The molecule has 1 aliphatic rings. The topological polar surface area (TPSA) is 93.3 Å². The second-order valence-electron chi connectivity index (χ2n) is 8.84. The summed E-state index contributed by atoms with van der Waals surface area (Å²) < 4.78 is 7.46. The number of nitrogens with zero attached hydrogens (tertiary/aromatic N) is 4. The fourth-order valence-electron chi connectivity index (χ4n) is 4.14. The average Bonchev–Trinajstić information content (AvgIpc) is 3.53. The molecule has 0 aliphatic carbocycles. The summed E-state index contributed by atoms with van der Waals surface area (Å²) in [6, 6.07) is 11.3. The number of amides is 1. The SMILES string of the molecule is CC(C)c1ccc(NC(=O)Cn2nc(-c3ccco3)c3sc(N4CCCCC4)nc3c2=O)cc1. The molecule has 0 saturated carbocycles. The van der Waals surface area contributed by atoms with Crippen molar-refractivity contribution < 1.29 is 9.21 Å². The number of hydrogen-bond donors (Lipinski definition) is 1. The van der Waals surface area contributed by atoms with Gasteiger partial charge >= 0.3 is 0 Å². The van der Waals surface area contributed by atoms with Crippen molar-refractivity contribution in [2.45, 2.75) is 45.6 Å². The van der Waals surface area contributed by atoms with Crippen molar-refractivity contribution in [3.8, 4) is 11.5 Å². The molecule has 176 valence electrons. The van der Waals surface area contributed by atoms with E-state index in [-0.39, 0.29) is 18.0 Å². The summed E-state index contributed by atoms with van der Waals surface area (Å²) in [6.07, 6.45) is 5.00. The fraction of sp³-hybridized carbons (Fsp3) is 0.360. The zero-order valence-corrected chi connectivity index (χ0v) is 20.1. The van der Waals surface area contributed by atoms with Crippen molar-refractivity contribution >= 4 is 38.3 Å². The molecule has 5 rings (SSSR count). The molecule has 4 aromatic rings. The molecule has 1 aliphatic heterocycles. The first-order valence-electron chi connectivity index (χ1n) is 11.6. The number of carbonyl (C=O) groups is 1. The van der Waals surface area contributed by atoms with Crippen LogP contribution in [0.1, 0.15) is 44.6 Å². The molecule has 0 spiro atoms. The highest BCUT2D eigenvalue weighted by Gasteiger charge is 2.23. The summed E-state index contributed by atoms with van der Waals surface area (Å²) in [5.41, 5.74) is 2.33. The van der Waals surface area contributed by atoms with Gasteiger partial charge in [0.05, 0.1) is 11.0 Å². The maximum Gasteiger partial charge on any atom is 0.294 e. The number of nitrogens with one attached hydrogen (secondary N) is 1. The Morgan fingerprint density at radius 1 is 1.15 bits per heavy atom. The molecule has 0 unspecified atom stereocenters. The Balaban J connectivity index is 1.47. The molecular formula is C25H27N5O3S. The number of furan rings is 1. The van der Waals surface area contributed by atoms with E-state index in [1.807, 2.05) is 24.3 Å². The van der Waals surface area contributed by atoms with Gasteiger partial charge in [-0.1, -0.05) is 37.3 Å². The summed E-state index contributed by atoms with van der Waals surface area (Å²) in [5.74, 6) is 0.618. The molecule has 0 bridgehead atoms. The second-order valence-corrected chi connectivity index (χ2v) is 9.81.